The lowest BCUT2D eigenvalue weighted by molar-refractivity contribution is 0.541. The third kappa shape index (κ3) is 4.19. The first-order valence-corrected chi connectivity index (χ1v) is 10.9. The van der Waals surface area contributed by atoms with Gasteiger partial charge in [-0.25, -0.2) is 15.0 Å². The normalized spacial score (nSPS) is 12.6. The molecule has 0 aliphatic carbocycles. The summed E-state index contributed by atoms with van der Waals surface area (Å²) in [5.41, 5.74) is 2.65. The van der Waals surface area contributed by atoms with Crippen LogP contribution in [0.1, 0.15) is 52.9 Å². The molecule has 3 heterocycles. The van der Waals surface area contributed by atoms with E-state index in [0.717, 1.165) is 18.5 Å². The van der Waals surface area contributed by atoms with Crippen molar-refractivity contribution in [3.05, 3.63) is 36.1 Å². The summed E-state index contributed by atoms with van der Waals surface area (Å²) in [5.74, 6) is 0.873. The summed E-state index contributed by atoms with van der Waals surface area (Å²) in [6, 6.07) is 0. The predicted molar refractivity (Wildman–Crippen MR) is 123 cm³/mol. The van der Waals surface area contributed by atoms with Crippen molar-refractivity contribution in [2.24, 2.45) is 0 Å². The molecule has 0 N–H and O–H groups in total. The van der Waals surface area contributed by atoms with Crippen molar-refractivity contribution in [1.29, 1.82) is 0 Å². The van der Waals surface area contributed by atoms with Crippen molar-refractivity contribution in [2.75, 3.05) is 0 Å². The number of halogens is 3. The Bertz CT molecular complexity index is 921. The van der Waals surface area contributed by atoms with E-state index in [1.54, 1.807) is 12.5 Å². The molecule has 0 amide bonds. The molecule has 3 aromatic heterocycles. The van der Waals surface area contributed by atoms with E-state index in [4.69, 9.17) is 25.4 Å². The average molecular weight is 612 g/mol. The molecule has 0 aliphatic heterocycles. The van der Waals surface area contributed by atoms with Crippen molar-refractivity contribution in [3.63, 3.8) is 0 Å². The Balaban J connectivity index is 2.15. The maximum atomic E-state index is 6.59. The van der Waals surface area contributed by atoms with Gasteiger partial charge in [-0.1, -0.05) is 53.1 Å². The van der Waals surface area contributed by atoms with Gasteiger partial charge in [0.15, 0.2) is 0 Å². The van der Waals surface area contributed by atoms with Gasteiger partial charge in [-0.15, -0.1) is 0 Å². The second kappa shape index (κ2) is 7.29. The third-order valence-electron chi connectivity index (χ3n) is 3.98. The fourth-order valence-corrected chi connectivity index (χ4v) is 4.19. The largest absolute Gasteiger partial charge is 0.443 e. The van der Waals surface area contributed by atoms with Gasteiger partial charge in [0.05, 0.1) is 23.6 Å². The van der Waals surface area contributed by atoms with Crippen LogP contribution >= 0.6 is 56.8 Å². The zero-order valence-corrected chi connectivity index (χ0v) is 21.0. The molecule has 8 heteroatoms. The molecule has 0 saturated heterocycles. The number of aromatic nitrogens is 3. The first-order chi connectivity index (χ1) is 12.4. The van der Waals surface area contributed by atoms with Gasteiger partial charge < -0.3 is 8.83 Å². The van der Waals surface area contributed by atoms with Gasteiger partial charge in [0.25, 0.3) is 0 Å². The molecule has 0 aliphatic rings. The molecule has 3 rings (SSSR count). The van der Waals surface area contributed by atoms with Crippen LogP contribution in [0.2, 0.25) is 5.02 Å². The van der Waals surface area contributed by atoms with Crippen LogP contribution in [0.15, 0.2) is 21.4 Å². The smallest absolute Gasteiger partial charge is 0.246 e. The molecule has 0 atom stereocenters. The minimum atomic E-state index is -0.118. The highest BCUT2D eigenvalue weighted by atomic mass is 127. The molecule has 0 aromatic carbocycles. The Morgan fingerprint density at radius 3 is 1.41 bits per heavy atom. The van der Waals surface area contributed by atoms with Crippen LogP contribution in [-0.2, 0) is 10.8 Å². The zero-order valence-electron chi connectivity index (χ0n) is 15.9. The SMILES string of the molecule is CC(C)(C)c1coc(-c2nc(-c3nc(C(C)(C)C)co3)c(I)c(Cl)c2I)n1. The lowest BCUT2D eigenvalue weighted by Gasteiger charge is -2.13. The highest BCUT2D eigenvalue weighted by molar-refractivity contribution is 14.1. The maximum absolute atomic E-state index is 6.59. The van der Waals surface area contributed by atoms with Crippen LogP contribution in [-0.4, -0.2) is 15.0 Å². The predicted octanol–water partition coefficient (Wildman–Crippen LogP) is 6.85. The fraction of sp³-hybridized carbons (Fsp3) is 0.421. The lowest BCUT2D eigenvalue weighted by Crippen LogP contribution is -2.11. The van der Waals surface area contributed by atoms with E-state index in [9.17, 15) is 0 Å². The molecule has 5 nitrogen and oxygen atoms in total. The number of oxazole rings is 2. The van der Waals surface area contributed by atoms with Gasteiger partial charge in [-0.05, 0) is 45.2 Å². The molecular weight excluding hydrogens is 591 g/mol. The summed E-state index contributed by atoms with van der Waals surface area (Å²) in [6.45, 7) is 12.5. The van der Waals surface area contributed by atoms with E-state index in [1.807, 2.05) is 0 Å². The maximum Gasteiger partial charge on any atom is 0.246 e. The molecule has 0 spiro atoms. The average Bonchev–Trinajstić information content (AvgIpc) is 3.21. The molecule has 0 fully saturated rings. The summed E-state index contributed by atoms with van der Waals surface area (Å²) >= 11 is 10.9. The van der Waals surface area contributed by atoms with Crippen LogP contribution < -0.4 is 0 Å². The number of hydrogen-bond donors (Lipinski definition) is 0. The van der Waals surface area contributed by atoms with Crippen molar-refractivity contribution < 1.29 is 8.83 Å². The van der Waals surface area contributed by atoms with Crippen LogP contribution in [0, 0.1) is 7.14 Å². The van der Waals surface area contributed by atoms with Crippen LogP contribution in [0.25, 0.3) is 23.2 Å². The highest BCUT2D eigenvalue weighted by Crippen LogP contribution is 2.38. The summed E-state index contributed by atoms with van der Waals surface area (Å²) in [7, 11) is 0. The second-order valence-corrected chi connectivity index (χ2v) is 10.9. The quantitative estimate of drug-likeness (QED) is 0.297. The Labute approximate surface area is 191 Å². The van der Waals surface area contributed by atoms with Crippen LogP contribution in [0.5, 0.6) is 0 Å². The molecule has 0 bridgehead atoms. The lowest BCUT2D eigenvalue weighted by atomic mass is 9.93. The fourth-order valence-electron chi connectivity index (χ4n) is 2.25. The van der Waals surface area contributed by atoms with Gasteiger partial charge >= 0.3 is 0 Å². The van der Waals surface area contributed by atoms with E-state index in [2.05, 4.69) is 96.7 Å². The third-order valence-corrected chi connectivity index (χ3v) is 7.09. The molecule has 0 radical (unpaired) electrons. The minimum absolute atomic E-state index is 0.118. The zero-order chi connectivity index (χ0) is 20.1. The van der Waals surface area contributed by atoms with Crippen molar-refractivity contribution >= 4 is 56.8 Å². The van der Waals surface area contributed by atoms with Crippen molar-refractivity contribution in [2.45, 2.75) is 52.4 Å². The van der Waals surface area contributed by atoms with E-state index in [-0.39, 0.29) is 10.8 Å². The Hall–Kier alpha value is -0.680. The molecule has 27 heavy (non-hydrogen) atoms. The van der Waals surface area contributed by atoms with E-state index in [1.165, 1.54) is 0 Å². The molecule has 3 aromatic rings. The minimum Gasteiger partial charge on any atom is -0.443 e. The number of hydrogen-bond acceptors (Lipinski definition) is 5. The van der Waals surface area contributed by atoms with Gasteiger partial charge in [0.1, 0.15) is 23.9 Å². The van der Waals surface area contributed by atoms with E-state index < -0.39 is 0 Å². The van der Waals surface area contributed by atoms with E-state index in [0.29, 0.717) is 28.2 Å². The van der Waals surface area contributed by atoms with Crippen molar-refractivity contribution in [3.8, 4) is 23.2 Å². The Morgan fingerprint density at radius 1 is 0.741 bits per heavy atom. The summed E-state index contributed by atoms with van der Waals surface area (Å²) in [5, 5.41) is 0.585. The monoisotopic (exact) mass is 611 g/mol. The summed E-state index contributed by atoms with van der Waals surface area (Å²) < 4.78 is 13.0. The van der Waals surface area contributed by atoms with Crippen LogP contribution in [0.4, 0.5) is 0 Å². The molecule has 0 saturated carbocycles. The number of pyridine rings is 1. The molecular formula is C19H20ClI2N3O2. The van der Waals surface area contributed by atoms with Gasteiger partial charge in [0.2, 0.25) is 11.8 Å². The van der Waals surface area contributed by atoms with Crippen LogP contribution in [0.3, 0.4) is 0 Å². The van der Waals surface area contributed by atoms with E-state index >= 15 is 0 Å². The first kappa shape index (κ1) is 21.0. The Morgan fingerprint density at radius 2 is 1.11 bits per heavy atom. The van der Waals surface area contributed by atoms with Gasteiger partial charge in [0, 0.05) is 10.8 Å². The summed E-state index contributed by atoms with van der Waals surface area (Å²) in [6.07, 6.45) is 3.34. The molecule has 0 unspecified atom stereocenters. The number of nitrogens with zero attached hydrogens (tertiary/aromatic N) is 3. The van der Waals surface area contributed by atoms with Crippen molar-refractivity contribution in [1.82, 2.24) is 15.0 Å². The first-order valence-electron chi connectivity index (χ1n) is 8.37. The standard InChI is InChI=1S/C19H20ClI2N3O2/c1-18(2,3)9-7-26-16(23-9)14-12(21)11(20)13(22)15(25-14)17-24-10(8-27-17)19(4,5)6/h7-8H,1-6H3. The topological polar surface area (TPSA) is 65.0 Å². The summed E-state index contributed by atoms with van der Waals surface area (Å²) in [4.78, 5) is 14.0. The highest BCUT2D eigenvalue weighted by Gasteiger charge is 2.26. The molecule has 144 valence electrons. The Kier molecular flexibility index (Phi) is 5.68. The van der Waals surface area contributed by atoms with Gasteiger partial charge in [-0.2, -0.15) is 0 Å². The second-order valence-electron chi connectivity index (χ2n) is 8.33. The number of rotatable bonds is 2. The van der Waals surface area contributed by atoms with Gasteiger partial charge in [-0.3, -0.25) is 0 Å².